The minimum Gasteiger partial charge on any atom is -0.497 e. The Bertz CT molecular complexity index is 480. The molecule has 1 aromatic rings. The summed E-state index contributed by atoms with van der Waals surface area (Å²) >= 11 is 0. The number of fused-ring (bicyclic) bond motifs is 2. The van der Waals surface area contributed by atoms with Gasteiger partial charge in [0.2, 0.25) is 0 Å². The van der Waals surface area contributed by atoms with Gasteiger partial charge in [-0.3, -0.25) is 0 Å². The van der Waals surface area contributed by atoms with Crippen LogP contribution in [0.1, 0.15) is 45.6 Å². The van der Waals surface area contributed by atoms with Crippen LogP contribution in [-0.4, -0.2) is 13.2 Å². The number of nitrogens with one attached hydrogen (secondary N) is 1. The third-order valence-electron chi connectivity index (χ3n) is 5.30. The zero-order valence-electron chi connectivity index (χ0n) is 12.5. The number of hydrogen-bond acceptors (Lipinski definition) is 2. The van der Waals surface area contributed by atoms with E-state index in [1.54, 1.807) is 7.11 Å². The molecule has 3 atom stereocenters. The zero-order chi connectivity index (χ0) is 13.6. The average Bonchev–Trinajstić information content (AvgIpc) is 2.38. The lowest BCUT2D eigenvalue weighted by Gasteiger charge is -2.49. The number of methoxy groups -OCH3 is 1. The molecule has 2 nitrogen and oxygen atoms in total. The van der Waals surface area contributed by atoms with Crippen molar-refractivity contribution >= 4 is 5.69 Å². The number of anilines is 1. The molecule has 0 bridgehead atoms. The van der Waals surface area contributed by atoms with Crippen LogP contribution in [0.5, 0.6) is 5.75 Å². The Kier molecular flexibility index (Phi) is 2.99. The molecule has 1 saturated carbocycles. The fourth-order valence-electron chi connectivity index (χ4n) is 4.11. The van der Waals surface area contributed by atoms with Gasteiger partial charge >= 0.3 is 0 Å². The van der Waals surface area contributed by atoms with Crippen LogP contribution in [0.3, 0.4) is 0 Å². The monoisotopic (exact) mass is 259 g/mol. The second kappa shape index (κ2) is 4.43. The average molecular weight is 259 g/mol. The molecule has 1 aliphatic heterocycles. The van der Waals surface area contributed by atoms with E-state index in [0.717, 1.165) is 17.6 Å². The topological polar surface area (TPSA) is 21.3 Å². The van der Waals surface area contributed by atoms with Gasteiger partial charge in [0, 0.05) is 11.7 Å². The Hall–Kier alpha value is -1.18. The van der Waals surface area contributed by atoms with Crippen LogP contribution in [-0.2, 0) is 5.41 Å². The minimum absolute atomic E-state index is 0.236. The Morgan fingerprint density at radius 2 is 2.05 bits per heavy atom. The Balaban J connectivity index is 2.02. The molecule has 1 fully saturated rings. The van der Waals surface area contributed by atoms with Crippen molar-refractivity contribution in [2.24, 2.45) is 11.8 Å². The molecule has 0 aromatic heterocycles. The maximum atomic E-state index is 5.40. The highest BCUT2D eigenvalue weighted by Gasteiger charge is 2.44. The number of hydrogen-bond donors (Lipinski definition) is 1. The maximum Gasteiger partial charge on any atom is 0.119 e. The lowest BCUT2D eigenvalue weighted by Crippen LogP contribution is -2.48. The summed E-state index contributed by atoms with van der Waals surface area (Å²) in [5, 5.41) is 3.78. The minimum atomic E-state index is 0.236. The van der Waals surface area contributed by atoms with E-state index in [0.29, 0.717) is 6.04 Å². The fourth-order valence-corrected chi connectivity index (χ4v) is 4.11. The van der Waals surface area contributed by atoms with Crippen molar-refractivity contribution in [2.75, 3.05) is 12.4 Å². The molecule has 104 valence electrons. The van der Waals surface area contributed by atoms with E-state index in [9.17, 15) is 0 Å². The first-order chi connectivity index (χ1) is 9.02. The van der Waals surface area contributed by atoms with Gasteiger partial charge in [-0.2, -0.15) is 0 Å². The predicted molar refractivity (Wildman–Crippen MR) is 79.9 cm³/mol. The first kappa shape index (κ1) is 12.8. The SMILES string of the molecule is COc1ccc2c(c1)C(C)(C)[C@@H]1CCC(C)C[C@@H]1N2. The van der Waals surface area contributed by atoms with E-state index in [1.165, 1.54) is 30.5 Å². The number of ether oxygens (including phenoxy) is 1. The molecule has 0 spiro atoms. The molecule has 0 saturated heterocycles. The predicted octanol–water partition coefficient (Wildman–Crippen LogP) is 4.20. The van der Waals surface area contributed by atoms with Crippen LogP contribution in [0.15, 0.2) is 18.2 Å². The number of rotatable bonds is 1. The van der Waals surface area contributed by atoms with Crippen LogP contribution in [0.25, 0.3) is 0 Å². The Morgan fingerprint density at radius 3 is 2.79 bits per heavy atom. The van der Waals surface area contributed by atoms with Gasteiger partial charge < -0.3 is 10.1 Å². The zero-order valence-corrected chi connectivity index (χ0v) is 12.5. The quantitative estimate of drug-likeness (QED) is 0.816. The van der Waals surface area contributed by atoms with Gasteiger partial charge in [0.1, 0.15) is 5.75 Å². The van der Waals surface area contributed by atoms with Gasteiger partial charge in [0.15, 0.2) is 0 Å². The largest absolute Gasteiger partial charge is 0.497 e. The smallest absolute Gasteiger partial charge is 0.119 e. The molecule has 1 N–H and O–H groups in total. The molecule has 2 heteroatoms. The van der Waals surface area contributed by atoms with Crippen LogP contribution in [0, 0.1) is 11.8 Å². The number of benzene rings is 1. The summed E-state index contributed by atoms with van der Waals surface area (Å²) in [7, 11) is 1.75. The molecule has 1 aromatic carbocycles. The van der Waals surface area contributed by atoms with Gasteiger partial charge in [-0.1, -0.05) is 27.2 Å². The molecule has 2 aliphatic rings. The summed E-state index contributed by atoms with van der Waals surface area (Å²) in [6.45, 7) is 7.19. The van der Waals surface area contributed by atoms with Crippen molar-refractivity contribution < 1.29 is 4.74 Å². The van der Waals surface area contributed by atoms with E-state index in [4.69, 9.17) is 4.74 Å². The van der Waals surface area contributed by atoms with E-state index < -0.39 is 0 Å². The van der Waals surface area contributed by atoms with Crippen molar-refractivity contribution in [1.29, 1.82) is 0 Å². The van der Waals surface area contributed by atoms with Crippen molar-refractivity contribution in [2.45, 2.75) is 51.5 Å². The highest BCUT2D eigenvalue weighted by atomic mass is 16.5. The fraction of sp³-hybridized carbons (Fsp3) is 0.647. The summed E-state index contributed by atoms with van der Waals surface area (Å²) in [6, 6.07) is 7.11. The summed E-state index contributed by atoms with van der Waals surface area (Å²) in [6.07, 6.45) is 4.01. The molecule has 19 heavy (non-hydrogen) atoms. The molecule has 1 aliphatic carbocycles. The highest BCUT2D eigenvalue weighted by Crippen LogP contribution is 2.49. The normalized spacial score (nSPS) is 31.9. The standard InChI is InChI=1S/C17H25NO/c1-11-5-7-13-16(9-11)18-15-8-6-12(19-4)10-14(15)17(13,2)3/h6,8,10-11,13,16,18H,5,7,9H2,1-4H3/t11?,13-,16+/m1/s1. The molecule has 3 rings (SSSR count). The molecule has 0 radical (unpaired) electrons. The molecular weight excluding hydrogens is 234 g/mol. The highest BCUT2D eigenvalue weighted by molar-refractivity contribution is 5.60. The Labute approximate surface area is 116 Å². The van der Waals surface area contributed by atoms with Gasteiger partial charge in [-0.25, -0.2) is 0 Å². The van der Waals surface area contributed by atoms with Crippen molar-refractivity contribution in [3.05, 3.63) is 23.8 Å². The lowest BCUT2D eigenvalue weighted by molar-refractivity contribution is 0.173. The third-order valence-corrected chi connectivity index (χ3v) is 5.30. The first-order valence-corrected chi connectivity index (χ1v) is 7.47. The van der Waals surface area contributed by atoms with Crippen molar-refractivity contribution in [1.82, 2.24) is 0 Å². The summed E-state index contributed by atoms with van der Waals surface area (Å²) in [4.78, 5) is 0. The van der Waals surface area contributed by atoms with Gasteiger partial charge in [-0.15, -0.1) is 0 Å². The summed E-state index contributed by atoms with van der Waals surface area (Å²) < 4.78 is 5.40. The van der Waals surface area contributed by atoms with Gasteiger partial charge in [-0.05, 0) is 53.9 Å². The van der Waals surface area contributed by atoms with Crippen LogP contribution in [0.4, 0.5) is 5.69 Å². The second-order valence-corrected chi connectivity index (χ2v) is 6.91. The third kappa shape index (κ3) is 2.01. The van der Waals surface area contributed by atoms with E-state index in [2.05, 4.69) is 44.3 Å². The molecule has 0 amide bonds. The van der Waals surface area contributed by atoms with Crippen LogP contribution in [0.2, 0.25) is 0 Å². The van der Waals surface area contributed by atoms with Gasteiger partial charge in [0.25, 0.3) is 0 Å². The van der Waals surface area contributed by atoms with Gasteiger partial charge in [0.05, 0.1) is 7.11 Å². The molecule has 1 unspecified atom stereocenters. The summed E-state index contributed by atoms with van der Waals surface area (Å²) in [5.74, 6) is 2.56. The lowest BCUT2D eigenvalue weighted by atomic mass is 9.61. The van der Waals surface area contributed by atoms with Crippen molar-refractivity contribution in [3.63, 3.8) is 0 Å². The van der Waals surface area contributed by atoms with Crippen molar-refractivity contribution in [3.8, 4) is 5.75 Å². The first-order valence-electron chi connectivity index (χ1n) is 7.47. The maximum absolute atomic E-state index is 5.40. The molecule has 1 heterocycles. The second-order valence-electron chi connectivity index (χ2n) is 6.91. The van der Waals surface area contributed by atoms with E-state index in [-0.39, 0.29) is 5.41 Å². The molecular formula is C17H25NO. The van der Waals surface area contributed by atoms with Crippen LogP contribution >= 0.6 is 0 Å². The van der Waals surface area contributed by atoms with E-state index in [1.807, 2.05) is 0 Å². The summed E-state index contributed by atoms with van der Waals surface area (Å²) in [5.41, 5.74) is 2.96. The Morgan fingerprint density at radius 1 is 1.26 bits per heavy atom. The van der Waals surface area contributed by atoms with Crippen LogP contribution < -0.4 is 10.1 Å². The van der Waals surface area contributed by atoms with E-state index >= 15 is 0 Å².